The summed E-state index contributed by atoms with van der Waals surface area (Å²) in [5.74, 6) is -1.07. The number of hydrogen-bond donors (Lipinski definition) is 2. The number of halogens is 1. The molecule has 8 nitrogen and oxygen atoms in total. The molecular weight excluding hydrogens is 477 g/mol. The van der Waals surface area contributed by atoms with Gasteiger partial charge in [0.1, 0.15) is 28.7 Å². The summed E-state index contributed by atoms with van der Waals surface area (Å²) in [6.45, 7) is 1.58. The van der Waals surface area contributed by atoms with Gasteiger partial charge < -0.3 is 24.4 Å². The Morgan fingerprint density at radius 1 is 1.31 bits per heavy atom. The van der Waals surface area contributed by atoms with Crippen LogP contribution in [-0.2, 0) is 19.1 Å². The number of ether oxygens (including phenoxy) is 3. The van der Waals surface area contributed by atoms with Crippen LogP contribution in [0.15, 0.2) is 71.4 Å². The number of carbonyl (C=O) groups is 2. The summed E-state index contributed by atoms with van der Waals surface area (Å²) in [5.41, 5.74) is 0.0539. The van der Waals surface area contributed by atoms with Crippen LogP contribution in [0.1, 0.15) is 31.1 Å². The summed E-state index contributed by atoms with van der Waals surface area (Å²) in [5, 5.41) is 21.2. The molecule has 0 spiro atoms. The Morgan fingerprint density at radius 2 is 2.06 bits per heavy atom. The van der Waals surface area contributed by atoms with Gasteiger partial charge in [-0.05, 0) is 55.7 Å². The van der Waals surface area contributed by atoms with E-state index in [0.29, 0.717) is 40.7 Å². The molecule has 10 heteroatoms. The molecule has 1 atom stereocenters. The van der Waals surface area contributed by atoms with E-state index in [1.165, 1.54) is 61.1 Å². The molecule has 3 rings (SSSR count). The normalized spacial score (nSPS) is 17.7. The third kappa shape index (κ3) is 7.36. The van der Waals surface area contributed by atoms with Gasteiger partial charge in [0.05, 0.1) is 12.0 Å². The van der Waals surface area contributed by atoms with E-state index in [9.17, 15) is 24.2 Å². The molecule has 0 radical (unpaired) electrons. The fraction of sp³-hybridized carbons (Fsp3) is 0.240. The number of rotatable bonds is 9. The molecule has 2 aromatic rings. The standard InChI is InChI=1S/C25H24FNO7S/c1-15(12-19-14-27-25(35-19)34-17-10-8-16(26)9-11-17)23(30)22-20(28)13-18(33-24(22)31)6-4-3-5-7-21(29)32-2/h5,7-14,24,30-31H,3-4,6H2,1-2H3/b7-5+,15-12+,23-22?. The van der Waals surface area contributed by atoms with Crippen molar-refractivity contribution >= 4 is 29.2 Å². The summed E-state index contributed by atoms with van der Waals surface area (Å²) in [7, 11) is 1.29. The van der Waals surface area contributed by atoms with Gasteiger partial charge in [-0.25, -0.2) is 14.2 Å². The second kappa shape index (κ2) is 12.1. The van der Waals surface area contributed by atoms with E-state index in [2.05, 4.69) is 9.72 Å². The number of carbonyl (C=O) groups excluding carboxylic acids is 2. The topological polar surface area (TPSA) is 115 Å². The molecular formula is C25H24FNO7S. The first kappa shape index (κ1) is 25.9. The van der Waals surface area contributed by atoms with Crippen LogP contribution in [0, 0.1) is 5.82 Å². The van der Waals surface area contributed by atoms with Crippen LogP contribution in [0.25, 0.3) is 6.08 Å². The number of esters is 1. The van der Waals surface area contributed by atoms with Crippen LogP contribution in [0.5, 0.6) is 10.9 Å². The number of aliphatic hydroxyl groups is 2. The molecule has 2 N–H and O–H groups in total. The van der Waals surface area contributed by atoms with Crippen molar-refractivity contribution in [3.05, 3.63) is 82.0 Å². The minimum Gasteiger partial charge on any atom is -0.507 e. The summed E-state index contributed by atoms with van der Waals surface area (Å²) >= 11 is 1.18. The van der Waals surface area contributed by atoms with Crippen LogP contribution in [0.3, 0.4) is 0 Å². The second-order valence-corrected chi connectivity index (χ2v) is 8.46. The molecule has 0 fully saturated rings. The third-order valence-electron chi connectivity index (χ3n) is 4.83. The first-order valence-electron chi connectivity index (χ1n) is 10.6. The monoisotopic (exact) mass is 501 g/mol. The minimum absolute atomic E-state index is 0.264. The van der Waals surface area contributed by atoms with Crippen molar-refractivity contribution in [2.45, 2.75) is 32.5 Å². The zero-order chi connectivity index (χ0) is 25.4. The van der Waals surface area contributed by atoms with Crippen LogP contribution >= 0.6 is 11.3 Å². The minimum atomic E-state index is -1.62. The number of unbranched alkanes of at least 4 members (excludes halogenated alkanes) is 1. The van der Waals surface area contributed by atoms with E-state index < -0.39 is 23.8 Å². The predicted molar refractivity (Wildman–Crippen MR) is 127 cm³/mol. The maximum Gasteiger partial charge on any atom is 0.330 e. The molecule has 0 saturated heterocycles. The highest BCUT2D eigenvalue weighted by atomic mass is 32.1. The van der Waals surface area contributed by atoms with Crippen molar-refractivity contribution in [2.75, 3.05) is 7.11 Å². The number of ketones is 1. The first-order chi connectivity index (χ1) is 16.8. The molecule has 1 unspecified atom stereocenters. The van der Waals surface area contributed by atoms with E-state index in [0.717, 1.165) is 0 Å². The highest BCUT2D eigenvalue weighted by Gasteiger charge is 2.29. The zero-order valence-electron chi connectivity index (χ0n) is 19.1. The van der Waals surface area contributed by atoms with Crippen molar-refractivity contribution in [2.24, 2.45) is 0 Å². The number of allylic oxidation sites excluding steroid dienone is 4. The molecule has 0 bridgehead atoms. The van der Waals surface area contributed by atoms with Gasteiger partial charge in [-0.3, -0.25) is 4.79 Å². The quantitative estimate of drug-likeness (QED) is 0.214. The molecule has 35 heavy (non-hydrogen) atoms. The van der Waals surface area contributed by atoms with Crippen molar-refractivity contribution in [1.29, 1.82) is 0 Å². The number of benzene rings is 1. The molecule has 0 aliphatic carbocycles. The fourth-order valence-corrected chi connectivity index (χ4v) is 3.86. The second-order valence-electron chi connectivity index (χ2n) is 7.44. The third-order valence-corrected chi connectivity index (χ3v) is 5.65. The van der Waals surface area contributed by atoms with Crippen LogP contribution in [0.2, 0.25) is 0 Å². The zero-order valence-corrected chi connectivity index (χ0v) is 19.9. The molecule has 1 aromatic carbocycles. The molecule has 184 valence electrons. The van der Waals surface area contributed by atoms with Crippen molar-refractivity contribution < 1.29 is 38.4 Å². The molecule has 2 heterocycles. The van der Waals surface area contributed by atoms with Gasteiger partial charge in [0.2, 0.25) is 6.29 Å². The van der Waals surface area contributed by atoms with Gasteiger partial charge >= 0.3 is 5.97 Å². The van der Waals surface area contributed by atoms with Crippen LogP contribution < -0.4 is 4.74 Å². The Morgan fingerprint density at radius 3 is 2.74 bits per heavy atom. The van der Waals surface area contributed by atoms with Crippen molar-refractivity contribution in [1.82, 2.24) is 4.98 Å². The van der Waals surface area contributed by atoms with E-state index in [-0.39, 0.29) is 17.1 Å². The van der Waals surface area contributed by atoms with Crippen LogP contribution in [0.4, 0.5) is 4.39 Å². The number of aromatic nitrogens is 1. The van der Waals surface area contributed by atoms with Gasteiger partial charge in [-0.15, -0.1) is 0 Å². The Bertz CT molecular complexity index is 1190. The highest BCUT2D eigenvalue weighted by Crippen LogP contribution is 2.30. The number of methoxy groups -OCH3 is 1. The Labute approximate surface area is 205 Å². The van der Waals surface area contributed by atoms with E-state index in [1.54, 1.807) is 19.1 Å². The largest absolute Gasteiger partial charge is 0.507 e. The van der Waals surface area contributed by atoms with Gasteiger partial charge in [0, 0.05) is 24.8 Å². The van der Waals surface area contributed by atoms with E-state index in [1.807, 2.05) is 0 Å². The maximum absolute atomic E-state index is 13.0. The molecule has 1 aromatic heterocycles. The van der Waals surface area contributed by atoms with Crippen molar-refractivity contribution in [3.63, 3.8) is 0 Å². The number of aliphatic hydroxyl groups excluding tert-OH is 2. The first-order valence-corrected chi connectivity index (χ1v) is 11.4. The average Bonchev–Trinajstić information content (AvgIpc) is 3.26. The smallest absolute Gasteiger partial charge is 0.330 e. The summed E-state index contributed by atoms with van der Waals surface area (Å²) < 4.78 is 28.5. The predicted octanol–water partition coefficient (Wildman–Crippen LogP) is 4.99. The van der Waals surface area contributed by atoms with E-state index in [4.69, 9.17) is 9.47 Å². The molecule has 1 aliphatic rings. The molecule has 1 aliphatic heterocycles. The lowest BCUT2D eigenvalue weighted by Gasteiger charge is -2.23. The molecule has 0 saturated carbocycles. The lowest BCUT2D eigenvalue weighted by molar-refractivity contribution is -0.134. The lowest BCUT2D eigenvalue weighted by Crippen LogP contribution is -2.27. The van der Waals surface area contributed by atoms with Gasteiger partial charge in [0.15, 0.2) is 5.78 Å². The molecule has 0 amide bonds. The number of nitrogens with zero attached hydrogens (tertiary/aromatic N) is 1. The Hall–Kier alpha value is -3.76. The van der Waals surface area contributed by atoms with Gasteiger partial charge in [-0.2, -0.15) is 0 Å². The van der Waals surface area contributed by atoms with Gasteiger partial charge in [-0.1, -0.05) is 17.4 Å². The summed E-state index contributed by atoms with van der Waals surface area (Å²) in [6, 6.07) is 5.50. The van der Waals surface area contributed by atoms with Crippen LogP contribution in [-0.4, -0.2) is 40.3 Å². The summed E-state index contributed by atoms with van der Waals surface area (Å²) in [6.07, 6.45) is 7.19. The lowest BCUT2D eigenvalue weighted by atomic mass is 10.0. The van der Waals surface area contributed by atoms with E-state index >= 15 is 0 Å². The maximum atomic E-state index is 13.0. The number of thiazole rings is 1. The Kier molecular flexibility index (Phi) is 8.93. The average molecular weight is 502 g/mol. The Balaban J connectivity index is 1.65. The highest BCUT2D eigenvalue weighted by molar-refractivity contribution is 7.14. The van der Waals surface area contributed by atoms with Crippen molar-refractivity contribution in [3.8, 4) is 10.9 Å². The SMILES string of the molecule is COC(=O)/C=C/CCCC1=CC(=O)C(=C(O)/C(C)=C/c2cnc(Oc3ccc(F)cc3)s2)C(O)O1. The summed E-state index contributed by atoms with van der Waals surface area (Å²) in [4.78, 5) is 28.4. The number of hydrogen-bond acceptors (Lipinski definition) is 9. The van der Waals surface area contributed by atoms with Gasteiger partial charge in [0.25, 0.3) is 5.19 Å². The fourth-order valence-electron chi connectivity index (χ4n) is 3.07.